The second kappa shape index (κ2) is 9.92. The Balaban J connectivity index is 1.48. The fourth-order valence-electron chi connectivity index (χ4n) is 2.94. The van der Waals surface area contributed by atoms with E-state index in [1.54, 1.807) is 18.4 Å². The largest absolute Gasteiger partial charge is 0.493 e. The van der Waals surface area contributed by atoms with E-state index >= 15 is 0 Å². The zero-order valence-corrected chi connectivity index (χ0v) is 15.9. The number of piperidine rings is 1. The van der Waals surface area contributed by atoms with Crippen molar-refractivity contribution < 1.29 is 9.57 Å². The van der Waals surface area contributed by atoms with Gasteiger partial charge in [-0.3, -0.25) is 0 Å². The Morgan fingerprint density at radius 3 is 2.81 bits per heavy atom. The molecule has 3 rings (SSSR count). The highest BCUT2D eigenvalue weighted by Crippen LogP contribution is 2.23. The van der Waals surface area contributed by atoms with Crippen molar-refractivity contribution in [2.24, 2.45) is 11.1 Å². The molecule has 1 unspecified atom stereocenters. The summed E-state index contributed by atoms with van der Waals surface area (Å²) in [4.78, 5) is 7.24. The van der Waals surface area contributed by atoms with Crippen molar-refractivity contribution in [2.75, 3.05) is 31.2 Å². The van der Waals surface area contributed by atoms with Gasteiger partial charge in [0.25, 0.3) is 0 Å². The molecule has 1 fully saturated rings. The zero-order chi connectivity index (χ0) is 18.9. The van der Waals surface area contributed by atoms with Crippen molar-refractivity contribution >= 4 is 23.6 Å². The lowest BCUT2D eigenvalue weighted by atomic mass is 9.99. The minimum Gasteiger partial charge on any atom is -0.493 e. The molecule has 27 heavy (non-hydrogen) atoms. The summed E-state index contributed by atoms with van der Waals surface area (Å²) < 4.78 is 5.97. The quantitative estimate of drug-likeness (QED) is 0.297. The van der Waals surface area contributed by atoms with E-state index in [0.717, 1.165) is 43.1 Å². The Labute approximate surface area is 164 Å². The van der Waals surface area contributed by atoms with Gasteiger partial charge in [-0.2, -0.15) is 0 Å². The van der Waals surface area contributed by atoms with Crippen molar-refractivity contribution in [2.45, 2.75) is 12.8 Å². The first-order valence-corrected chi connectivity index (χ1v) is 9.35. The molecule has 0 saturated carbocycles. The van der Waals surface area contributed by atoms with Gasteiger partial charge in [0.15, 0.2) is 11.0 Å². The Morgan fingerprint density at radius 1 is 1.22 bits per heavy atom. The molecule has 0 N–H and O–H groups in total. The molecule has 2 heterocycles. The first-order chi connectivity index (χ1) is 13.2. The van der Waals surface area contributed by atoms with Gasteiger partial charge in [-0.1, -0.05) is 29.4 Å². The number of nitrogens with zero attached hydrogens (tertiary/aromatic N) is 4. The Bertz CT molecular complexity index is 750. The van der Waals surface area contributed by atoms with Crippen LogP contribution in [0, 0.1) is 5.92 Å². The van der Waals surface area contributed by atoms with Crippen LogP contribution >= 0.6 is 11.6 Å². The van der Waals surface area contributed by atoms with Gasteiger partial charge in [0, 0.05) is 19.0 Å². The minimum absolute atomic E-state index is 0.400. The SMILES string of the molecule is C=CCON=Cc1ccc(OCC2CCCN(c3ccc(Cl)nn3)C2)cc1. The van der Waals surface area contributed by atoms with Gasteiger partial charge in [-0.15, -0.1) is 10.2 Å². The molecule has 1 aliphatic rings. The molecule has 1 atom stereocenters. The summed E-state index contributed by atoms with van der Waals surface area (Å²) in [5.41, 5.74) is 0.955. The van der Waals surface area contributed by atoms with Crippen LogP contribution < -0.4 is 9.64 Å². The highest BCUT2D eigenvalue weighted by atomic mass is 35.5. The lowest BCUT2D eigenvalue weighted by molar-refractivity contribution is 0.176. The first-order valence-electron chi connectivity index (χ1n) is 8.98. The number of halogens is 1. The molecule has 142 valence electrons. The van der Waals surface area contributed by atoms with E-state index in [9.17, 15) is 0 Å². The summed E-state index contributed by atoms with van der Waals surface area (Å²) in [7, 11) is 0. The maximum absolute atomic E-state index is 5.97. The van der Waals surface area contributed by atoms with Gasteiger partial charge < -0.3 is 14.5 Å². The van der Waals surface area contributed by atoms with E-state index in [1.165, 1.54) is 0 Å². The van der Waals surface area contributed by atoms with Crippen LogP contribution in [0.2, 0.25) is 5.15 Å². The molecule has 6 nitrogen and oxygen atoms in total. The molecule has 0 bridgehead atoms. The fourth-order valence-corrected chi connectivity index (χ4v) is 3.05. The van der Waals surface area contributed by atoms with Crippen LogP contribution in [0.1, 0.15) is 18.4 Å². The first kappa shape index (κ1) is 19.2. The summed E-state index contributed by atoms with van der Waals surface area (Å²) in [6, 6.07) is 11.5. The fraction of sp³-hybridized carbons (Fsp3) is 0.350. The summed E-state index contributed by atoms with van der Waals surface area (Å²) in [5.74, 6) is 2.17. The molecule has 0 spiro atoms. The minimum atomic E-state index is 0.400. The molecule has 0 amide bonds. The maximum atomic E-state index is 5.97. The van der Waals surface area contributed by atoms with Crippen LogP contribution in [0.25, 0.3) is 0 Å². The van der Waals surface area contributed by atoms with E-state index in [1.807, 2.05) is 30.3 Å². The monoisotopic (exact) mass is 386 g/mol. The number of oxime groups is 1. The van der Waals surface area contributed by atoms with Crippen molar-refractivity contribution in [1.82, 2.24) is 10.2 Å². The number of hydrogen-bond acceptors (Lipinski definition) is 6. The van der Waals surface area contributed by atoms with Crippen molar-refractivity contribution in [3.05, 3.63) is 59.8 Å². The van der Waals surface area contributed by atoms with Crippen LogP contribution in [-0.4, -0.2) is 42.7 Å². The van der Waals surface area contributed by atoms with Crippen molar-refractivity contribution in [3.63, 3.8) is 0 Å². The third-order valence-electron chi connectivity index (χ3n) is 4.30. The number of benzene rings is 1. The standard InChI is InChI=1S/C20H23ClN4O2/c1-2-12-27-22-13-16-5-7-18(8-6-16)26-15-17-4-3-11-25(14-17)20-10-9-19(21)23-24-20/h2,5-10,13,17H,1,3-4,11-12,14-15H2. The van der Waals surface area contributed by atoms with Gasteiger partial charge in [0.05, 0.1) is 12.8 Å². The van der Waals surface area contributed by atoms with Crippen LogP contribution in [0.5, 0.6) is 5.75 Å². The van der Waals surface area contributed by atoms with E-state index in [4.69, 9.17) is 21.2 Å². The predicted octanol–water partition coefficient (Wildman–Crippen LogP) is 3.96. The highest BCUT2D eigenvalue weighted by molar-refractivity contribution is 6.29. The normalized spacial score (nSPS) is 17.1. The number of ether oxygens (including phenoxy) is 1. The Hall–Kier alpha value is -2.60. The van der Waals surface area contributed by atoms with Gasteiger partial charge in [-0.25, -0.2) is 0 Å². The third kappa shape index (κ3) is 5.96. The topological polar surface area (TPSA) is 59.8 Å². The van der Waals surface area contributed by atoms with Crippen LogP contribution in [0.3, 0.4) is 0 Å². The average molecular weight is 387 g/mol. The van der Waals surface area contributed by atoms with Gasteiger partial charge in [0.1, 0.15) is 12.4 Å². The van der Waals surface area contributed by atoms with Crippen molar-refractivity contribution in [1.29, 1.82) is 0 Å². The second-order valence-electron chi connectivity index (χ2n) is 6.37. The Morgan fingerprint density at radius 2 is 2.07 bits per heavy atom. The van der Waals surface area contributed by atoms with Gasteiger partial charge >= 0.3 is 0 Å². The maximum Gasteiger partial charge on any atom is 0.151 e. The summed E-state index contributed by atoms with van der Waals surface area (Å²) in [5, 5.41) is 12.4. The summed E-state index contributed by atoms with van der Waals surface area (Å²) in [6.07, 6.45) is 5.57. The molecule has 1 aliphatic heterocycles. The average Bonchev–Trinajstić information content (AvgIpc) is 2.71. The molecule has 1 aromatic carbocycles. The van der Waals surface area contributed by atoms with E-state index < -0.39 is 0 Å². The lowest BCUT2D eigenvalue weighted by Crippen LogP contribution is -2.38. The number of hydrogen-bond donors (Lipinski definition) is 0. The lowest BCUT2D eigenvalue weighted by Gasteiger charge is -2.33. The molecule has 2 aromatic rings. The number of rotatable bonds is 8. The Kier molecular flexibility index (Phi) is 7.04. The molecular formula is C20H23ClN4O2. The smallest absolute Gasteiger partial charge is 0.151 e. The van der Waals surface area contributed by atoms with E-state index in [-0.39, 0.29) is 0 Å². The summed E-state index contributed by atoms with van der Waals surface area (Å²) >= 11 is 5.82. The van der Waals surface area contributed by atoms with Crippen LogP contribution in [0.4, 0.5) is 5.82 Å². The second-order valence-corrected chi connectivity index (χ2v) is 6.75. The molecule has 1 aromatic heterocycles. The van der Waals surface area contributed by atoms with Gasteiger partial charge in [0.2, 0.25) is 0 Å². The molecule has 7 heteroatoms. The zero-order valence-electron chi connectivity index (χ0n) is 15.1. The van der Waals surface area contributed by atoms with E-state index in [2.05, 4.69) is 26.8 Å². The molecule has 1 saturated heterocycles. The highest BCUT2D eigenvalue weighted by Gasteiger charge is 2.21. The molecular weight excluding hydrogens is 364 g/mol. The van der Waals surface area contributed by atoms with E-state index in [0.29, 0.717) is 24.3 Å². The van der Waals surface area contributed by atoms with Gasteiger partial charge in [-0.05, 0) is 54.8 Å². The number of aromatic nitrogens is 2. The molecule has 0 radical (unpaired) electrons. The van der Waals surface area contributed by atoms with Crippen LogP contribution in [-0.2, 0) is 4.84 Å². The predicted molar refractivity (Wildman–Crippen MR) is 108 cm³/mol. The molecule has 0 aliphatic carbocycles. The third-order valence-corrected chi connectivity index (χ3v) is 4.50. The van der Waals surface area contributed by atoms with Crippen molar-refractivity contribution in [3.8, 4) is 5.75 Å². The number of anilines is 1. The summed E-state index contributed by atoms with van der Waals surface area (Å²) in [6.45, 7) is 6.53. The van der Waals surface area contributed by atoms with Crippen LogP contribution in [0.15, 0.2) is 54.2 Å².